The topological polar surface area (TPSA) is 87.5 Å². The van der Waals surface area contributed by atoms with Crippen molar-refractivity contribution < 1.29 is 14.4 Å². The molecule has 31 heavy (non-hydrogen) atoms. The van der Waals surface area contributed by atoms with Gasteiger partial charge < -0.3 is 15.1 Å². The van der Waals surface area contributed by atoms with E-state index in [9.17, 15) is 14.4 Å². The molecule has 0 unspecified atom stereocenters. The Balaban J connectivity index is 1.30. The lowest BCUT2D eigenvalue weighted by Crippen LogP contribution is -2.41. The molecule has 3 amide bonds. The number of likely N-dealkylation sites (tertiary alicyclic amines) is 1. The fourth-order valence-corrected chi connectivity index (χ4v) is 4.24. The van der Waals surface area contributed by atoms with Crippen LogP contribution in [0.15, 0.2) is 36.7 Å². The molecule has 1 N–H and O–H groups in total. The van der Waals surface area contributed by atoms with Gasteiger partial charge in [0.2, 0.25) is 11.8 Å². The highest BCUT2D eigenvalue weighted by Crippen LogP contribution is 2.24. The van der Waals surface area contributed by atoms with Gasteiger partial charge in [-0.3, -0.25) is 19.1 Å². The Morgan fingerprint density at radius 1 is 1.10 bits per heavy atom. The fourth-order valence-electron chi connectivity index (χ4n) is 4.24. The van der Waals surface area contributed by atoms with E-state index in [1.165, 1.54) is 0 Å². The molecule has 8 nitrogen and oxygen atoms in total. The number of carbonyl (C=O) groups excluding carboxylic acids is 3. The molecule has 2 aliphatic heterocycles. The Morgan fingerprint density at radius 2 is 1.84 bits per heavy atom. The van der Waals surface area contributed by atoms with Crippen LogP contribution in [0.5, 0.6) is 0 Å². The smallest absolute Gasteiger partial charge is 0.253 e. The number of anilines is 2. The maximum absolute atomic E-state index is 12.9. The van der Waals surface area contributed by atoms with Crippen LogP contribution in [0, 0.1) is 5.92 Å². The molecular weight excluding hydrogens is 394 g/mol. The van der Waals surface area contributed by atoms with Gasteiger partial charge in [0, 0.05) is 56.0 Å². The highest BCUT2D eigenvalue weighted by Gasteiger charge is 2.28. The molecule has 3 heterocycles. The van der Waals surface area contributed by atoms with Crippen LogP contribution in [-0.4, -0.2) is 52.0 Å². The Hall–Kier alpha value is -3.16. The molecule has 2 aromatic rings. The summed E-state index contributed by atoms with van der Waals surface area (Å²) in [6, 6.07) is 7.30. The Bertz CT molecular complexity index is 944. The van der Waals surface area contributed by atoms with Gasteiger partial charge in [-0.25, -0.2) is 0 Å². The summed E-state index contributed by atoms with van der Waals surface area (Å²) >= 11 is 0. The van der Waals surface area contributed by atoms with Crippen LogP contribution in [0.1, 0.15) is 49.4 Å². The quantitative estimate of drug-likeness (QED) is 0.801. The lowest BCUT2D eigenvalue weighted by Gasteiger charge is -2.31. The number of nitrogens with zero attached hydrogens (tertiary/aromatic N) is 4. The van der Waals surface area contributed by atoms with Crippen molar-refractivity contribution in [3.05, 3.63) is 42.2 Å². The minimum atomic E-state index is -0.110. The zero-order valence-electron chi connectivity index (χ0n) is 17.9. The molecule has 2 fully saturated rings. The first-order chi connectivity index (χ1) is 15.0. The van der Waals surface area contributed by atoms with E-state index < -0.39 is 0 Å². The molecule has 0 spiro atoms. The van der Waals surface area contributed by atoms with Gasteiger partial charge in [0.25, 0.3) is 5.91 Å². The second-order valence-corrected chi connectivity index (χ2v) is 8.19. The van der Waals surface area contributed by atoms with Crippen molar-refractivity contribution in [3.63, 3.8) is 0 Å². The molecule has 0 radical (unpaired) electrons. The highest BCUT2D eigenvalue weighted by molar-refractivity contribution is 5.97. The molecule has 0 saturated carbocycles. The van der Waals surface area contributed by atoms with E-state index in [0.717, 1.165) is 31.6 Å². The van der Waals surface area contributed by atoms with Crippen LogP contribution in [-0.2, 0) is 16.1 Å². The third kappa shape index (κ3) is 4.78. The maximum atomic E-state index is 12.9. The average Bonchev–Trinajstić information content (AvgIpc) is 3.27. The van der Waals surface area contributed by atoms with Gasteiger partial charge in [0.15, 0.2) is 0 Å². The van der Waals surface area contributed by atoms with Crippen molar-refractivity contribution in [2.45, 2.75) is 45.6 Å². The van der Waals surface area contributed by atoms with Gasteiger partial charge in [0.05, 0.1) is 11.9 Å². The van der Waals surface area contributed by atoms with Crippen LogP contribution < -0.4 is 10.2 Å². The second kappa shape index (κ2) is 9.32. The van der Waals surface area contributed by atoms with E-state index in [2.05, 4.69) is 10.4 Å². The summed E-state index contributed by atoms with van der Waals surface area (Å²) in [5, 5.41) is 7.09. The summed E-state index contributed by atoms with van der Waals surface area (Å²) in [5.74, 6) is -0.00728. The van der Waals surface area contributed by atoms with E-state index in [1.54, 1.807) is 32.8 Å². The molecule has 4 rings (SSSR count). The number of aromatic nitrogens is 2. The van der Waals surface area contributed by atoms with Crippen molar-refractivity contribution in [1.82, 2.24) is 14.7 Å². The third-order valence-corrected chi connectivity index (χ3v) is 6.13. The zero-order chi connectivity index (χ0) is 21.8. The van der Waals surface area contributed by atoms with E-state index in [0.29, 0.717) is 43.6 Å². The molecule has 8 heteroatoms. The molecule has 2 aliphatic rings. The predicted molar refractivity (Wildman–Crippen MR) is 118 cm³/mol. The van der Waals surface area contributed by atoms with E-state index in [-0.39, 0.29) is 23.6 Å². The van der Waals surface area contributed by atoms with E-state index in [1.807, 2.05) is 25.3 Å². The number of hydrogen-bond acceptors (Lipinski definition) is 4. The first-order valence-electron chi connectivity index (χ1n) is 11.1. The van der Waals surface area contributed by atoms with Gasteiger partial charge in [-0.15, -0.1) is 0 Å². The summed E-state index contributed by atoms with van der Waals surface area (Å²) in [4.78, 5) is 41.1. The standard InChI is InChI=1S/C23H29N5O3/c1-2-27-16-19(15-24-27)25-22(30)17-10-13-26(14-11-17)23(31)18-6-8-20(9-7-18)28-12-4-3-5-21(28)29/h6-9,15-17H,2-5,10-14H2,1H3,(H,25,30). The molecular formula is C23H29N5O3. The lowest BCUT2D eigenvalue weighted by atomic mass is 9.95. The number of piperidine rings is 2. The van der Waals surface area contributed by atoms with Crippen molar-refractivity contribution in [1.29, 1.82) is 0 Å². The second-order valence-electron chi connectivity index (χ2n) is 8.19. The van der Waals surface area contributed by atoms with Crippen LogP contribution >= 0.6 is 0 Å². The normalized spacial score (nSPS) is 17.6. The summed E-state index contributed by atoms with van der Waals surface area (Å²) < 4.78 is 1.77. The molecule has 1 aromatic heterocycles. The Morgan fingerprint density at radius 3 is 2.48 bits per heavy atom. The summed E-state index contributed by atoms with van der Waals surface area (Å²) in [6.45, 7) is 4.59. The predicted octanol–water partition coefficient (Wildman–Crippen LogP) is 2.91. The van der Waals surface area contributed by atoms with Crippen LogP contribution in [0.2, 0.25) is 0 Å². The molecule has 1 aromatic carbocycles. The molecule has 2 saturated heterocycles. The third-order valence-electron chi connectivity index (χ3n) is 6.13. The number of nitrogens with one attached hydrogen (secondary N) is 1. The number of aryl methyl sites for hydroxylation is 1. The summed E-state index contributed by atoms with van der Waals surface area (Å²) in [6.07, 6.45) is 7.29. The Labute approximate surface area is 182 Å². The number of rotatable bonds is 5. The molecule has 0 bridgehead atoms. The number of benzene rings is 1. The number of carbonyl (C=O) groups is 3. The van der Waals surface area contributed by atoms with Crippen molar-refractivity contribution in [2.75, 3.05) is 29.9 Å². The van der Waals surface area contributed by atoms with Gasteiger partial charge in [-0.1, -0.05) is 0 Å². The Kier molecular flexibility index (Phi) is 6.34. The summed E-state index contributed by atoms with van der Waals surface area (Å²) in [7, 11) is 0. The highest BCUT2D eigenvalue weighted by atomic mass is 16.2. The van der Waals surface area contributed by atoms with Crippen LogP contribution in [0.25, 0.3) is 0 Å². The minimum absolute atomic E-state index is 0.0155. The molecule has 0 atom stereocenters. The van der Waals surface area contributed by atoms with Crippen molar-refractivity contribution >= 4 is 29.1 Å². The van der Waals surface area contributed by atoms with Gasteiger partial charge in [-0.05, 0) is 56.9 Å². The maximum Gasteiger partial charge on any atom is 0.253 e. The SMILES string of the molecule is CCn1cc(NC(=O)C2CCN(C(=O)c3ccc(N4CCCCC4=O)cc3)CC2)cn1. The lowest BCUT2D eigenvalue weighted by molar-refractivity contribution is -0.121. The van der Waals surface area contributed by atoms with Gasteiger partial charge in [-0.2, -0.15) is 5.10 Å². The molecule has 0 aliphatic carbocycles. The molecule has 164 valence electrons. The zero-order valence-corrected chi connectivity index (χ0v) is 17.9. The van der Waals surface area contributed by atoms with Crippen LogP contribution in [0.4, 0.5) is 11.4 Å². The number of hydrogen-bond donors (Lipinski definition) is 1. The largest absolute Gasteiger partial charge is 0.339 e. The van der Waals surface area contributed by atoms with Crippen molar-refractivity contribution in [2.24, 2.45) is 5.92 Å². The number of amides is 3. The first kappa shape index (κ1) is 21.1. The average molecular weight is 424 g/mol. The van der Waals surface area contributed by atoms with Gasteiger partial charge in [0.1, 0.15) is 0 Å². The van der Waals surface area contributed by atoms with E-state index in [4.69, 9.17) is 0 Å². The van der Waals surface area contributed by atoms with Crippen molar-refractivity contribution in [3.8, 4) is 0 Å². The summed E-state index contributed by atoms with van der Waals surface area (Å²) in [5.41, 5.74) is 2.17. The monoisotopic (exact) mass is 423 g/mol. The van der Waals surface area contributed by atoms with E-state index >= 15 is 0 Å². The van der Waals surface area contributed by atoms with Gasteiger partial charge >= 0.3 is 0 Å². The fraction of sp³-hybridized carbons (Fsp3) is 0.478. The first-order valence-corrected chi connectivity index (χ1v) is 11.1. The van der Waals surface area contributed by atoms with Crippen LogP contribution in [0.3, 0.4) is 0 Å². The minimum Gasteiger partial charge on any atom is -0.339 e.